The summed E-state index contributed by atoms with van der Waals surface area (Å²) in [6.07, 6.45) is 0. The molecular formula is C11H15NS. The number of hydrogen-bond acceptors (Lipinski definition) is 2. The first-order valence-electron chi connectivity index (χ1n) is 4.59. The van der Waals surface area contributed by atoms with E-state index in [4.69, 9.17) is 0 Å². The molecule has 0 spiro atoms. The Balaban J connectivity index is 2.42. The van der Waals surface area contributed by atoms with Gasteiger partial charge in [-0.3, -0.25) is 0 Å². The fraction of sp³-hybridized carbons (Fsp3) is 0.455. The largest absolute Gasteiger partial charge is 0.378 e. The molecule has 0 saturated heterocycles. The third-order valence-electron chi connectivity index (χ3n) is 2.26. The molecule has 0 radical (unpaired) electrons. The first-order chi connectivity index (χ1) is 6.08. The monoisotopic (exact) mass is 193 g/mol. The van der Waals surface area contributed by atoms with E-state index in [0.717, 1.165) is 5.75 Å². The maximum Gasteiger partial charge on any atom is 0.0485 e. The maximum absolute atomic E-state index is 3.56. The van der Waals surface area contributed by atoms with E-state index < -0.39 is 0 Å². The Kier molecular flexibility index (Phi) is 2.03. The predicted molar refractivity (Wildman–Crippen MR) is 59.6 cm³/mol. The molecule has 1 aliphatic rings. The standard InChI is InChI=1S/C11H15NS/c1-8-5-4-6-9-10(8)13-7-11(2,3)12-9/h4-6,12H,7H2,1-3H3. The molecular weight excluding hydrogens is 178 g/mol. The highest BCUT2D eigenvalue weighted by atomic mass is 32.2. The van der Waals surface area contributed by atoms with Crippen molar-refractivity contribution in [1.29, 1.82) is 0 Å². The van der Waals surface area contributed by atoms with Gasteiger partial charge in [0.15, 0.2) is 0 Å². The van der Waals surface area contributed by atoms with E-state index in [-0.39, 0.29) is 5.54 Å². The zero-order valence-corrected chi connectivity index (χ0v) is 9.16. The molecule has 0 atom stereocenters. The lowest BCUT2D eigenvalue weighted by molar-refractivity contribution is 0.637. The Morgan fingerprint density at radius 2 is 2.15 bits per heavy atom. The van der Waals surface area contributed by atoms with Crippen LogP contribution < -0.4 is 5.32 Å². The van der Waals surface area contributed by atoms with Crippen LogP contribution in [0, 0.1) is 6.92 Å². The molecule has 0 amide bonds. The minimum Gasteiger partial charge on any atom is -0.378 e. The minimum atomic E-state index is 0.228. The van der Waals surface area contributed by atoms with E-state index in [1.165, 1.54) is 16.1 Å². The van der Waals surface area contributed by atoms with Gasteiger partial charge < -0.3 is 5.32 Å². The van der Waals surface area contributed by atoms with E-state index >= 15 is 0 Å². The minimum absolute atomic E-state index is 0.228. The average Bonchev–Trinajstić information content (AvgIpc) is 2.02. The molecule has 70 valence electrons. The van der Waals surface area contributed by atoms with Gasteiger partial charge in [0.2, 0.25) is 0 Å². The quantitative estimate of drug-likeness (QED) is 0.678. The van der Waals surface area contributed by atoms with E-state index in [1.807, 2.05) is 11.8 Å². The van der Waals surface area contributed by atoms with Crippen LogP contribution in [-0.2, 0) is 0 Å². The van der Waals surface area contributed by atoms with Crippen LogP contribution in [0.1, 0.15) is 19.4 Å². The smallest absolute Gasteiger partial charge is 0.0485 e. The summed E-state index contributed by atoms with van der Waals surface area (Å²) in [7, 11) is 0. The number of aryl methyl sites for hydroxylation is 1. The van der Waals surface area contributed by atoms with Crippen LogP contribution in [0.4, 0.5) is 5.69 Å². The number of rotatable bonds is 0. The van der Waals surface area contributed by atoms with E-state index in [1.54, 1.807) is 0 Å². The van der Waals surface area contributed by atoms with E-state index in [0.29, 0.717) is 0 Å². The zero-order valence-electron chi connectivity index (χ0n) is 8.35. The van der Waals surface area contributed by atoms with Gasteiger partial charge >= 0.3 is 0 Å². The molecule has 1 aliphatic heterocycles. The van der Waals surface area contributed by atoms with Gasteiger partial charge in [0.05, 0.1) is 0 Å². The van der Waals surface area contributed by atoms with Crippen LogP contribution in [0.2, 0.25) is 0 Å². The average molecular weight is 193 g/mol. The van der Waals surface area contributed by atoms with Gasteiger partial charge in [-0.25, -0.2) is 0 Å². The lowest BCUT2D eigenvalue weighted by Crippen LogP contribution is -2.36. The summed E-state index contributed by atoms with van der Waals surface area (Å²) in [5.41, 5.74) is 2.90. The van der Waals surface area contributed by atoms with Crippen LogP contribution >= 0.6 is 11.8 Å². The van der Waals surface area contributed by atoms with Crippen molar-refractivity contribution in [2.45, 2.75) is 31.2 Å². The summed E-state index contributed by atoms with van der Waals surface area (Å²) in [5, 5.41) is 3.56. The second kappa shape index (κ2) is 2.95. The van der Waals surface area contributed by atoms with Crippen LogP contribution in [-0.4, -0.2) is 11.3 Å². The number of nitrogens with one attached hydrogen (secondary N) is 1. The molecule has 0 aliphatic carbocycles. The van der Waals surface area contributed by atoms with Crippen molar-refractivity contribution in [2.24, 2.45) is 0 Å². The Bertz CT molecular complexity index is 331. The second-order valence-electron chi connectivity index (χ2n) is 4.25. The predicted octanol–water partition coefficient (Wildman–Crippen LogP) is 3.29. The highest BCUT2D eigenvalue weighted by molar-refractivity contribution is 7.99. The molecule has 0 saturated carbocycles. The number of benzene rings is 1. The molecule has 1 aromatic rings. The summed E-state index contributed by atoms with van der Waals surface area (Å²) in [4.78, 5) is 1.42. The van der Waals surface area contributed by atoms with Gasteiger partial charge in [-0.15, -0.1) is 11.8 Å². The molecule has 0 fully saturated rings. The fourth-order valence-electron chi connectivity index (χ4n) is 1.60. The van der Waals surface area contributed by atoms with Crippen molar-refractivity contribution in [3.63, 3.8) is 0 Å². The third-order valence-corrected chi connectivity index (χ3v) is 3.96. The number of thioether (sulfide) groups is 1. The molecule has 1 heterocycles. The summed E-state index contributed by atoms with van der Waals surface area (Å²) in [6.45, 7) is 6.66. The topological polar surface area (TPSA) is 12.0 Å². The molecule has 2 rings (SSSR count). The first-order valence-corrected chi connectivity index (χ1v) is 5.58. The Hall–Kier alpha value is -0.630. The van der Waals surface area contributed by atoms with Crippen molar-refractivity contribution in [1.82, 2.24) is 0 Å². The van der Waals surface area contributed by atoms with E-state index in [9.17, 15) is 0 Å². The van der Waals surface area contributed by atoms with E-state index in [2.05, 4.69) is 44.3 Å². The lowest BCUT2D eigenvalue weighted by atomic mass is 10.1. The zero-order chi connectivity index (χ0) is 9.47. The Morgan fingerprint density at radius 3 is 2.92 bits per heavy atom. The fourth-order valence-corrected chi connectivity index (χ4v) is 2.74. The highest BCUT2D eigenvalue weighted by Gasteiger charge is 2.24. The molecule has 0 aromatic heterocycles. The third kappa shape index (κ3) is 1.68. The van der Waals surface area contributed by atoms with Crippen LogP contribution in [0.15, 0.2) is 23.1 Å². The molecule has 1 aromatic carbocycles. The number of anilines is 1. The van der Waals surface area contributed by atoms with Crippen LogP contribution in [0.25, 0.3) is 0 Å². The summed E-state index contributed by atoms with van der Waals surface area (Å²) >= 11 is 1.96. The van der Waals surface area contributed by atoms with Gasteiger partial charge in [0, 0.05) is 21.9 Å². The summed E-state index contributed by atoms with van der Waals surface area (Å²) in [6, 6.07) is 6.45. The molecule has 1 nitrogen and oxygen atoms in total. The van der Waals surface area contributed by atoms with Crippen LogP contribution in [0.5, 0.6) is 0 Å². The van der Waals surface area contributed by atoms with Gasteiger partial charge in [0.1, 0.15) is 0 Å². The molecule has 1 N–H and O–H groups in total. The molecule has 13 heavy (non-hydrogen) atoms. The molecule has 0 bridgehead atoms. The maximum atomic E-state index is 3.56. The van der Waals surface area contributed by atoms with Crippen LogP contribution in [0.3, 0.4) is 0 Å². The molecule has 0 unspecified atom stereocenters. The number of fused-ring (bicyclic) bond motifs is 1. The van der Waals surface area contributed by atoms with Crippen molar-refractivity contribution < 1.29 is 0 Å². The van der Waals surface area contributed by atoms with Crippen molar-refractivity contribution in [2.75, 3.05) is 11.1 Å². The van der Waals surface area contributed by atoms with Gasteiger partial charge in [0.25, 0.3) is 0 Å². The normalized spacial score (nSPS) is 19.0. The molecule has 2 heteroatoms. The van der Waals surface area contributed by atoms with Gasteiger partial charge in [-0.1, -0.05) is 12.1 Å². The first kappa shape index (κ1) is 8.95. The Morgan fingerprint density at radius 1 is 1.38 bits per heavy atom. The second-order valence-corrected chi connectivity index (χ2v) is 5.23. The lowest BCUT2D eigenvalue weighted by Gasteiger charge is -2.33. The van der Waals surface area contributed by atoms with Gasteiger partial charge in [-0.05, 0) is 32.4 Å². The summed E-state index contributed by atoms with van der Waals surface area (Å²) < 4.78 is 0. The SMILES string of the molecule is Cc1cccc2c1SCC(C)(C)N2. The summed E-state index contributed by atoms with van der Waals surface area (Å²) in [5.74, 6) is 1.14. The highest BCUT2D eigenvalue weighted by Crippen LogP contribution is 2.38. The van der Waals surface area contributed by atoms with Gasteiger partial charge in [-0.2, -0.15) is 0 Å². The van der Waals surface area contributed by atoms with Crippen molar-refractivity contribution >= 4 is 17.4 Å². The van der Waals surface area contributed by atoms with Crippen molar-refractivity contribution in [3.8, 4) is 0 Å². The Labute approximate surface area is 83.9 Å². The van der Waals surface area contributed by atoms with Crippen molar-refractivity contribution in [3.05, 3.63) is 23.8 Å². The number of hydrogen-bond donors (Lipinski definition) is 1.